The molecule has 1 saturated carbocycles. The van der Waals surface area contributed by atoms with Crippen LogP contribution in [0.5, 0.6) is 0 Å². The molecule has 30 heavy (non-hydrogen) atoms. The van der Waals surface area contributed by atoms with Gasteiger partial charge in [-0.25, -0.2) is 4.79 Å². The lowest BCUT2D eigenvalue weighted by Crippen LogP contribution is -2.58. The maximum Gasteiger partial charge on any atom is 0.420 e. The average Bonchev–Trinajstić information content (AvgIpc) is 3.05. The molecule has 2 N–H and O–H groups in total. The fourth-order valence-electron chi connectivity index (χ4n) is 4.17. The smallest absolute Gasteiger partial charge is 0.408 e. The predicted molar refractivity (Wildman–Crippen MR) is 113 cm³/mol. The molecule has 1 aliphatic rings. The zero-order chi connectivity index (χ0) is 21.1. The van der Waals surface area contributed by atoms with Crippen molar-refractivity contribution < 1.29 is 14.0 Å². The highest BCUT2D eigenvalue weighted by atomic mass is 16.4. The zero-order valence-corrected chi connectivity index (χ0v) is 16.5. The van der Waals surface area contributed by atoms with Crippen LogP contribution in [0.1, 0.15) is 18.4 Å². The number of aromatic nitrogens is 1. The first-order chi connectivity index (χ1) is 14.5. The number of rotatable bonds is 7. The van der Waals surface area contributed by atoms with Gasteiger partial charge in [-0.1, -0.05) is 49.0 Å². The number of benzene rings is 2. The number of hydrogen-bond acceptors (Lipinski definition) is 4. The molecule has 0 bridgehead atoms. The summed E-state index contributed by atoms with van der Waals surface area (Å²) in [5.74, 6) is -1.01. The molecule has 0 radical (unpaired) electrons. The summed E-state index contributed by atoms with van der Waals surface area (Å²) >= 11 is 0. The molecule has 0 atom stereocenters. The predicted octanol–water partition coefficient (Wildman–Crippen LogP) is 2.11. The summed E-state index contributed by atoms with van der Waals surface area (Å²) < 4.78 is 6.51. The van der Waals surface area contributed by atoms with E-state index in [9.17, 15) is 14.4 Å². The van der Waals surface area contributed by atoms with Crippen LogP contribution < -0.4 is 16.4 Å². The molecule has 0 saturated heterocycles. The van der Waals surface area contributed by atoms with E-state index in [4.69, 9.17) is 4.42 Å². The summed E-state index contributed by atoms with van der Waals surface area (Å²) in [7, 11) is 0. The van der Waals surface area contributed by atoms with Gasteiger partial charge in [0.25, 0.3) is 0 Å². The van der Waals surface area contributed by atoms with Crippen molar-refractivity contribution in [2.45, 2.75) is 30.8 Å². The van der Waals surface area contributed by atoms with Crippen molar-refractivity contribution in [2.75, 3.05) is 6.54 Å². The Bertz CT molecular complexity index is 1140. The van der Waals surface area contributed by atoms with Crippen LogP contribution in [0.25, 0.3) is 11.1 Å². The second-order valence-electron chi connectivity index (χ2n) is 7.66. The molecule has 7 heteroatoms. The van der Waals surface area contributed by atoms with Crippen LogP contribution in [0.2, 0.25) is 0 Å². The molecule has 1 heterocycles. The number of nitrogens with one attached hydrogen (secondary N) is 2. The highest BCUT2D eigenvalue weighted by Crippen LogP contribution is 2.43. The van der Waals surface area contributed by atoms with E-state index in [1.807, 2.05) is 30.3 Å². The van der Waals surface area contributed by atoms with Crippen LogP contribution in [-0.4, -0.2) is 29.0 Å². The molecular formula is C23H23N3O4. The number of carbonyl (C=O) groups is 2. The van der Waals surface area contributed by atoms with Crippen LogP contribution in [0.4, 0.5) is 0 Å². The lowest BCUT2D eigenvalue weighted by molar-refractivity contribution is -0.124. The van der Waals surface area contributed by atoms with Gasteiger partial charge in [-0.05, 0) is 36.6 Å². The Balaban J connectivity index is 1.43. The lowest BCUT2D eigenvalue weighted by Gasteiger charge is -2.48. The van der Waals surface area contributed by atoms with Crippen molar-refractivity contribution in [3.8, 4) is 0 Å². The molecule has 0 aliphatic heterocycles. The highest BCUT2D eigenvalue weighted by Gasteiger charge is 2.46. The second-order valence-corrected chi connectivity index (χ2v) is 7.66. The molecule has 1 fully saturated rings. The van der Waals surface area contributed by atoms with Crippen molar-refractivity contribution in [1.82, 2.24) is 15.2 Å². The number of oxazole rings is 1. The van der Waals surface area contributed by atoms with E-state index in [1.54, 1.807) is 24.3 Å². The van der Waals surface area contributed by atoms with Crippen LogP contribution in [0.3, 0.4) is 0 Å². The van der Waals surface area contributed by atoms with Gasteiger partial charge in [0.1, 0.15) is 6.54 Å². The van der Waals surface area contributed by atoms with E-state index in [2.05, 4.69) is 17.2 Å². The normalized spacial score (nSPS) is 20.3. The third-order valence-corrected chi connectivity index (χ3v) is 5.69. The van der Waals surface area contributed by atoms with Crippen molar-refractivity contribution in [3.63, 3.8) is 0 Å². The third kappa shape index (κ3) is 3.78. The van der Waals surface area contributed by atoms with Gasteiger partial charge in [-0.15, -0.1) is 0 Å². The van der Waals surface area contributed by atoms with Crippen LogP contribution in [0.15, 0.2) is 76.5 Å². The number of hydrogen-bond donors (Lipinski definition) is 2. The van der Waals surface area contributed by atoms with Gasteiger partial charge in [-0.3, -0.25) is 14.2 Å². The largest absolute Gasteiger partial charge is 0.420 e. The average molecular weight is 405 g/mol. The van der Waals surface area contributed by atoms with Crippen molar-refractivity contribution in [3.05, 3.63) is 83.4 Å². The first-order valence-corrected chi connectivity index (χ1v) is 9.84. The van der Waals surface area contributed by atoms with Gasteiger partial charge in [0.15, 0.2) is 5.58 Å². The van der Waals surface area contributed by atoms with E-state index in [0.717, 1.165) is 5.56 Å². The molecule has 1 aromatic heterocycles. The molecule has 0 unspecified atom stereocenters. The van der Waals surface area contributed by atoms with Crippen LogP contribution in [0, 0.1) is 0 Å². The number of nitrogens with zero attached hydrogens (tertiary/aromatic N) is 1. The standard InChI is InChI=1S/C23H23N3O4/c1-2-20(27)24-15-23(16-8-4-3-5-9-16)12-17(13-23)25-21(28)14-26-18-10-6-7-11-19(18)30-22(26)29/h2-11,17H,1,12-15H2,(H,24,27)(H,25,28). The van der Waals surface area contributed by atoms with Crippen molar-refractivity contribution in [2.24, 2.45) is 0 Å². The number of amides is 2. The van der Waals surface area contributed by atoms with E-state index in [0.29, 0.717) is 30.5 Å². The first-order valence-electron chi connectivity index (χ1n) is 9.84. The Morgan fingerprint density at radius 1 is 1.13 bits per heavy atom. The Morgan fingerprint density at radius 3 is 2.57 bits per heavy atom. The van der Waals surface area contributed by atoms with Crippen molar-refractivity contribution in [1.29, 1.82) is 0 Å². The Morgan fingerprint density at radius 2 is 1.83 bits per heavy atom. The summed E-state index contributed by atoms with van der Waals surface area (Å²) in [5, 5.41) is 5.88. The Hall–Kier alpha value is -3.61. The third-order valence-electron chi connectivity index (χ3n) is 5.69. The molecule has 154 valence electrons. The Labute approximate surface area is 173 Å². The SMILES string of the molecule is C=CC(=O)NCC1(c2ccccc2)CC(NC(=O)Cn2c(=O)oc3ccccc32)C1. The first kappa shape index (κ1) is 19.7. The summed E-state index contributed by atoms with van der Waals surface area (Å²) in [4.78, 5) is 36.3. The molecule has 7 nitrogen and oxygen atoms in total. The molecule has 1 aliphatic carbocycles. The summed E-state index contributed by atoms with van der Waals surface area (Å²) in [6.45, 7) is 3.86. The zero-order valence-electron chi connectivity index (χ0n) is 16.5. The molecule has 4 rings (SSSR count). The minimum atomic E-state index is -0.550. The second kappa shape index (κ2) is 8.02. The highest BCUT2D eigenvalue weighted by molar-refractivity contribution is 5.87. The van der Waals surface area contributed by atoms with Gasteiger partial charge in [0, 0.05) is 18.0 Å². The quantitative estimate of drug-likeness (QED) is 0.589. The molecular weight excluding hydrogens is 382 g/mol. The molecule has 3 aromatic rings. The van der Waals surface area contributed by atoms with Gasteiger partial charge in [-0.2, -0.15) is 0 Å². The molecule has 2 aromatic carbocycles. The van der Waals surface area contributed by atoms with E-state index in [-0.39, 0.29) is 29.8 Å². The van der Waals surface area contributed by atoms with Crippen LogP contribution in [-0.2, 0) is 21.5 Å². The fourth-order valence-corrected chi connectivity index (χ4v) is 4.17. The van der Waals surface area contributed by atoms with Gasteiger partial charge in [0.2, 0.25) is 11.8 Å². The molecule has 2 amide bonds. The van der Waals surface area contributed by atoms with E-state index >= 15 is 0 Å². The minimum absolute atomic E-state index is 0.0350. The Kier molecular flexibility index (Phi) is 5.27. The van der Waals surface area contributed by atoms with Gasteiger partial charge >= 0.3 is 5.76 Å². The topological polar surface area (TPSA) is 93.3 Å². The summed E-state index contributed by atoms with van der Waals surface area (Å²) in [5.41, 5.74) is 1.94. The maximum absolute atomic E-state index is 12.6. The molecule has 0 spiro atoms. The van der Waals surface area contributed by atoms with Crippen LogP contribution >= 0.6 is 0 Å². The number of carbonyl (C=O) groups excluding carboxylic acids is 2. The summed E-state index contributed by atoms with van der Waals surface area (Å²) in [6, 6.07) is 16.9. The van der Waals surface area contributed by atoms with Gasteiger partial charge < -0.3 is 15.1 Å². The monoisotopic (exact) mass is 405 g/mol. The van der Waals surface area contributed by atoms with Gasteiger partial charge in [0.05, 0.1) is 5.52 Å². The number of fused-ring (bicyclic) bond motifs is 1. The lowest BCUT2D eigenvalue weighted by atomic mass is 9.61. The number of para-hydroxylation sites is 2. The van der Waals surface area contributed by atoms with Crippen molar-refractivity contribution >= 4 is 22.9 Å². The maximum atomic E-state index is 12.6. The fraction of sp³-hybridized carbons (Fsp3) is 0.261. The van der Waals surface area contributed by atoms with E-state index < -0.39 is 5.76 Å². The minimum Gasteiger partial charge on any atom is -0.408 e. The summed E-state index contributed by atoms with van der Waals surface area (Å²) in [6.07, 6.45) is 2.64. The van der Waals surface area contributed by atoms with E-state index in [1.165, 1.54) is 10.6 Å².